The number of fused-ring (bicyclic) bond motifs is 1. The van der Waals surface area contributed by atoms with Gasteiger partial charge in [-0.25, -0.2) is 0 Å². The molecule has 23 heavy (non-hydrogen) atoms. The summed E-state index contributed by atoms with van der Waals surface area (Å²) in [5, 5.41) is 0.921. The Hall–Kier alpha value is -2.04. The van der Waals surface area contributed by atoms with Gasteiger partial charge in [-0.15, -0.1) is 0 Å². The van der Waals surface area contributed by atoms with Crippen molar-refractivity contribution in [2.75, 3.05) is 18.1 Å². The van der Waals surface area contributed by atoms with Gasteiger partial charge in [0, 0.05) is 5.02 Å². The molecule has 2 aromatic carbocycles. The molecule has 0 radical (unpaired) electrons. The van der Waals surface area contributed by atoms with Crippen LogP contribution in [0, 0.1) is 6.92 Å². The van der Waals surface area contributed by atoms with E-state index in [9.17, 15) is 9.59 Å². The quantitative estimate of drug-likeness (QED) is 0.786. The number of ether oxygens (including phenoxy) is 1. The Balaban J connectivity index is 1.74. The van der Waals surface area contributed by atoms with Crippen LogP contribution < -0.4 is 9.64 Å². The molecule has 0 aliphatic carbocycles. The number of para-hydroxylation sites is 1. The van der Waals surface area contributed by atoms with E-state index in [4.69, 9.17) is 27.9 Å². The zero-order valence-electron chi connectivity index (χ0n) is 12.3. The van der Waals surface area contributed by atoms with Crippen molar-refractivity contribution in [3.05, 3.63) is 57.6 Å². The van der Waals surface area contributed by atoms with E-state index in [2.05, 4.69) is 0 Å². The van der Waals surface area contributed by atoms with Gasteiger partial charge in [-0.2, -0.15) is 0 Å². The summed E-state index contributed by atoms with van der Waals surface area (Å²) in [7, 11) is 0. The number of anilines is 1. The topological polar surface area (TPSA) is 46.6 Å². The predicted molar refractivity (Wildman–Crippen MR) is 89.8 cm³/mol. The Morgan fingerprint density at radius 1 is 1.13 bits per heavy atom. The van der Waals surface area contributed by atoms with E-state index >= 15 is 0 Å². The van der Waals surface area contributed by atoms with Crippen molar-refractivity contribution in [3.63, 3.8) is 0 Å². The third kappa shape index (κ3) is 2.92. The predicted octanol–water partition coefficient (Wildman–Crippen LogP) is 3.91. The van der Waals surface area contributed by atoms with Gasteiger partial charge in [0.2, 0.25) is 0 Å². The monoisotopic (exact) mass is 349 g/mol. The van der Waals surface area contributed by atoms with Crippen LogP contribution in [0.2, 0.25) is 10.0 Å². The van der Waals surface area contributed by atoms with Crippen molar-refractivity contribution in [1.82, 2.24) is 0 Å². The molecule has 0 saturated heterocycles. The third-order valence-corrected chi connectivity index (χ3v) is 4.19. The number of halogens is 2. The fraction of sp³-hybridized carbons (Fsp3) is 0.176. The highest BCUT2D eigenvalue weighted by Crippen LogP contribution is 2.32. The Morgan fingerprint density at radius 3 is 2.65 bits per heavy atom. The molecule has 4 nitrogen and oxygen atoms in total. The van der Waals surface area contributed by atoms with Crippen LogP contribution in [-0.2, 0) is 4.79 Å². The number of ketones is 1. The first-order chi connectivity index (χ1) is 11.0. The van der Waals surface area contributed by atoms with E-state index in [-0.39, 0.29) is 13.2 Å². The molecule has 6 heteroatoms. The van der Waals surface area contributed by atoms with Crippen molar-refractivity contribution in [1.29, 1.82) is 0 Å². The van der Waals surface area contributed by atoms with Crippen molar-refractivity contribution >= 4 is 40.6 Å². The minimum Gasteiger partial charge on any atom is -0.490 e. The number of rotatable bonds is 4. The lowest BCUT2D eigenvalue weighted by atomic mass is 10.1. The number of nitrogens with zero attached hydrogens (tertiary/aromatic N) is 1. The summed E-state index contributed by atoms with van der Waals surface area (Å²) in [6.07, 6.45) is 0. The minimum atomic E-state index is -0.528. The average Bonchev–Trinajstić information content (AvgIpc) is 2.76. The van der Waals surface area contributed by atoms with E-state index in [1.165, 1.54) is 4.90 Å². The van der Waals surface area contributed by atoms with Gasteiger partial charge in [-0.3, -0.25) is 9.59 Å². The van der Waals surface area contributed by atoms with Crippen molar-refractivity contribution < 1.29 is 14.3 Å². The number of hydrogen-bond donors (Lipinski definition) is 0. The zero-order valence-corrected chi connectivity index (χ0v) is 13.8. The summed E-state index contributed by atoms with van der Waals surface area (Å²) in [6, 6.07) is 10.2. The fourth-order valence-electron chi connectivity index (χ4n) is 2.59. The number of carbonyl (C=O) groups is 2. The molecule has 0 fully saturated rings. The summed E-state index contributed by atoms with van der Waals surface area (Å²) >= 11 is 11.9. The van der Waals surface area contributed by atoms with Crippen LogP contribution in [0.25, 0.3) is 0 Å². The maximum atomic E-state index is 12.1. The van der Waals surface area contributed by atoms with Gasteiger partial charge in [-0.1, -0.05) is 35.3 Å². The summed E-state index contributed by atoms with van der Waals surface area (Å²) in [5.41, 5.74) is 1.99. The first-order valence-corrected chi connectivity index (χ1v) is 7.78. The van der Waals surface area contributed by atoms with Crippen LogP contribution in [0.15, 0.2) is 36.4 Å². The smallest absolute Gasteiger partial charge is 0.299 e. The molecule has 3 rings (SSSR count). The van der Waals surface area contributed by atoms with Crippen LogP contribution in [0.5, 0.6) is 5.75 Å². The van der Waals surface area contributed by atoms with Gasteiger partial charge >= 0.3 is 0 Å². The summed E-state index contributed by atoms with van der Waals surface area (Å²) < 4.78 is 5.60. The number of benzene rings is 2. The van der Waals surface area contributed by atoms with Gasteiger partial charge in [0.25, 0.3) is 11.7 Å². The molecule has 0 saturated carbocycles. The van der Waals surface area contributed by atoms with E-state index in [0.717, 1.165) is 5.56 Å². The lowest BCUT2D eigenvalue weighted by Crippen LogP contribution is -2.33. The molecule has 2 aromatic rings. The normalized spacial score (nSPS) is 13.4. The second-order valence-electron chi connectivity index (χ2n) is 5.18. The van der Waals surface area contributed by atoms with Gasteiger partial charge in [-0.05, 0) is 36.8 Å². The first-order valence-electron chi connectivity index (χ1n) is 7.02. The maximum absolute atomic E-state index is 12.1. The van der Waals surface area contributed by atoms with Gasteiger partial charge in [0.15, 0.2) is 0 Å². The molecular weight excluding hydrogens is 337 g/mol. The standard InChI is InChI=1S/C17H13Cl2NO3/c1-10-3-2-4-12-15(10)20(17(22)16(12)21)7-8-23-14-6-5-11(18)9-13(14)19/h2-6,9H,7-8H2,1H3. The minimum absolute atomic E-state index is 0.216. The first kappa shape index (κ1) is 15.8. The van der Waals surface area contributed by atoms with Gasteiger partial charge < -0.3 is 9.64 Å². The largest absolute Gasteiger partial charge is 0.490 e. The van der Waals surface area contributed by atoms with Crippen LogP contribution in [0.4, 0.5) is 5.69 Å². The van der Waals surface area contributed by atoms with E-state index in [1.54, 1.807) is 30.3 Å². The van der Waals surface area contributed by atoms with Crippen molar-refractivity contribution in [2.24, 2.45) is 0 Å². The van der Waals surface area contributed by atoms with Crippen LogP contribution in [0.3, 0.4) is 0 Å². The summed E-state index contributed by atoms with van der Waals surface area (Å²) in [4.78, 5) is 25.6. The molecule has 1 amide bonds. The van der Waals surface area contributed by atoms with Gasteiger partial charge in [0.05, 0.1) is 22.8 Å². The van der Waals surface area contributed by atoms with E-state index in [0.29, 0.717) is 27.0 Å². The average molecular weight is 350 g/mol. The van der Waals surface area contributed by atoms with E-state index < -0.39 is 11.7 Å². The highest BCUT2D eigenvalue weighted by molar-refractivity contribution is 6.52. The molecule has 0 atom stereocenters. The molecule has 1 aliphatic rings. The molecule has 1 aliphatic heterocycles. The molecule has 1 heterocycles. The Bertz CT molecular complexity index is 804. The number of hydrogen-bond acceptors (Lipinski definition) is 3. The van der Waals surface area contributed by atoms with Crippen molar-refractivity contribution in [2.45, 2.75) is 6.92 Å². The Labute approximate surface area is 143 Å². The second-order valence-corrected chi connectivity index (χ2v) is 6.02. The number of carbonyl (C=O) groups excluding carboxylic acids is 2. The maximum Gasteiger partial charge on any atom is 0.299 e. The molecule has 0 bridgehead atoms. The summed E-state index contributed by atoms with van der Waals surface area (Å²) in [5.74, 6) is -0.521. The van der Waals surface area contributed by atoms with Gasteiger partial charge in [0.1, 0.15) is 12.4 Å². The summed E-state index contributed by atoms with van der Waals surface area (Å²) in [6.45, 7) is 2.35. The van der Waals surface area contributed by atoms with Crippen molar-refractivity contribution in [3.8, 4) is 5.75 Å². The number of Topliss-reactive ketones (excluding diaryl/α,β-unsaturated/α-hetero) is 1. The van der Waals surface area contributed by atoms with Crippen LogP contribution in [0.1, 0.15) is 15.9 Å². The molecular formula is C17H13Cl2NO3. The third-order valence-electron chi connectivity index (χ3n) is 3.66. The zero-order chi connectivity index (χ0) is 16.6. The number of amides is 1. The highest BCUT2D eigenvalue weighted by Gasteiger charge is 2.36. The second kappa shape index (κ2) is 6.22. The molecule has 118 valence electrons. The Morgan fingerprint density at radius 2 is 1.91 bits per heavy atom. The molecule has 0 N–H and O–H groups in total. The lowest BCUT2D eigenvalue weighted by molar-refractivity contribution is -0.114. The Kier molecular flexibility index (Phi) is 4.28. The molecule has 0 unspecified atom stereocenters. The highest BCUT2D eigenvalue weighted by atomic mass is 35.5. The molecule has 0 spiro atoms. The lowest BCUT2D eigenvalue weighted by Gasteiger charge is -2.19. The number of aryl methyl sites for hydroxylation is 1. The SMILES string of the molecule is Cc1cccc2c1N(CCOc1ccc(Cl)cc1Cl)C(=O)C2=O. The molecule has 0 aromatic heterocycles. The van der Waals surface area contributed by atoms with Crippen LogP contribution in [-0.4, -0.2) is 24.8 Å². The fourth-order valence-corrected chi connectivity index (χ4v) is 3.06. The van der Waals surface area contributed by atoms with Crippen LogP contribution >= 0.6 is 23.2 Å². The van der Waals surface area contributed by atoms with E-state index in [1.807, 2.05) is 13.0 Å².